The van der Waals surface area contributed by atoms with Gasteiger partial charge in [-0.25, -0.2) is 4.98 Å². The normalized spacial score (nSPS) is 18.0. The van der Waals surface area contributed by atoms with E-state index in [2.05, 4.69) is 28.2 Å². The quantitative estimate of drug-likeness (QED) is 0.882. The van der Waals surface area contributed by atoms with Crippen molar-refractivity contribution in [3.8, 4) is 6.07 Å². The number of piperidine rings is 1. The van der Waals surface area contributed by atoms with E-state index in [1.54, 1.807) is 12.3 Å². The average Bonchev–Trinajstić information content (AvgIpc) is 2.46. The Labute approximate surface area is 109 Å². The maximum absolute atomic E-state index is 8.79. The highest BCUT2D eigenvalue weighted by molar-refractivity contribution is 5.45. The molecule has 1 aliphatic heterocycles. The number of aromatic nitrogens is 1. The Hall–Kier alpha value is -1.60. The van der Waals surface area contributed by atoms with E-state index >= 15 is 0 Å². The van der Waals surface area contributed by atoms with Crippen molar-refractivity contribution in [1.29, 1.82) is 5.26 Å². The van der Waals surface area contributed by atoms with Crippen LogP contribution in [0.1, 0.15) is 31.9 Å². The van der Waals surface area contributed by atoms with E-state index in [9.17, 15) is 0 Å². The van der Waals surface area contributed by atoms with Gasteiger partial charge in [-0.2, -0.15) is 5.26 Å². The molecule has 1 atom stereocenters. The number of hydrogen-bond acceptors (Lipinski definition) is 4. The minimum absolute atomic E-state index is 0.464. The predicted octanol–water partition coefficient (Wildman–Crippen LogP) is 2.24. The van der Waals surface area contributed by atoms with Crippen molar-refractivity contribution in [2.24, 2.45) is 0 Å². The average molecular weight is 244 g/mol. The summed E-state index contributed by atoms with van der Waals surface area (Å²) in [6.45, 7) is 5.59. The van der Waals surface area contributed by atoms with Crippen molar-refractivity contribution in [3.63, 3.8) is 0 Å². The molecule has 1 unspecified atom stereocenters. The third kappa shape index (κ3) is 3.44. The molecule has 0 saturated carbocycles. The van der Waals surface area contributed by atoms with Crippen molar-refractivity contribution < 1.29 is 0 Å². The fourth-order valence-corrected chi connectivity index (χ4v) is 2.36. The van der Waals surface area contributed by atoms with Crippen molar-refractivity contribution in [3.05, 3.63) is 24.0 Å². The second-order valence-electron chi connectivity index (χ2n) is 4.87. The Bertz CT molecular complexity index is 418. The van der Waals surface area contributed by atoms with E-state index in [0.29, 0.717) is 11.7 Å². The molecule has 2 heterocycles. The number of anilines is 1. The Morgan fingerprint density at radius 1 is 1.44 bits per heavy atom. The molecule has 0 bridgehead atoms. The molecule has 0 spiro atoms. The van der Waals surface area contributed by atoms with Gasteiger partial charge in [0, 0.05) is 24.5 Å². The summed E-state index contributed by atoms with van der Waals surface area (Å²) < 4.78 is 0. The molecule has 0 radical (unpaired) electrons. The molecule has 96 valence electrons. The molecule has 4 heteroatoms. The summed E-state index contributed by atoms with van der Waals surface area (Å²) >= 11 is 0. The van der Waals surface area contributed by atoms with Crippen LogP contribution in [-0.2, 0) is 0 Å². The number of rotatable bonds is 4. The lowest BCUT2D eigenvalue weighted by molar-refractivity contribution is 0.180. The topological polar surface area (TPSA) is 52.0 Å². The number of nitriles is 1. The number of nitrogens with one attached hydrogen (secondary N) is 1. The largest absolute Gasteiger partial charge is 0.383 e. The van der Waals surface area contributed by atoms with E-state index in [4.69, 9.17) is 5.26 Å². The Morgan fingerprint density at radius 3 is 2.94 bits per heavy atom. The monoisotopic (exact) mass is 244 g/mol. The zero-order valence-corrected chi connectivity index (χ0v) is 10.9. The summed E-state index contributed by atoms with van der Waals surface area (Å²) in [5.41, 5.74) is 1.44. The summed E-state index contributed by atoms with van der Waals surface area (Å²) in [6.07, 6.45) is 5.68. The minimum atomic E-state index is 0.464. The molecule has 1 aliphatic rings. The van der Waals surface area contributed by atoms with Crippen LogP contribution >= 0.6 is 0 Å². The van der Waals surface area contributed by atoms with E-state index in [1.807, 2.05) is 6.07 Å². The Morgan fingerprint density at radius 2 is 2.22 bits per heavy atom. The Balaban J connectivity index is 1.84. The first-order valence-electron chi connectivity index (χ1n) is 6.63. The summed E-state index contributed by atoms with van der Waals surface area (Å²) in [7, 11) is 0. The fourth-order valence-electron chi connectivity index (χ4n) is 2.36. The van der Waals surface area contributed by atoms with Crippen LogP contribution in [0.25, 0.3) is 0 Å². The smallest absolute Gasteiger partial charge is 0.142 e. The van der Waals surface area contributed by atoms with Crippen LogP contribution in [0.3, 0.4) is 0 Å². The molecule has 1 N–H and O–H groups in total. The van der Waals surface area contributed by atoms with Crippen LogP contribution in [-0.4, -0.2) is 35.6 Å². The zero-order chi connectivity index (χ0) is 12.8. The molecular formula is C14H20N4. The summed E-state index contributed by atoms with van der Waals surface area (Å²) in [5.74, 6) is 0. The minimum Gasteiger partial charge on any atom is -0.383 e. The van der Waals surface area contributed by atoms with Crippen molar-refractivity contribution in [2.45, 2.75) is 32.2 Å². The molecular weight excluding hydrogens is 224 g/mol. The van der Waals surface area contributed by atoms with E-state index in [1.165, 1.54) is 32.4 Å². The molecule has 0 aromatic carbocycles. The van der Waals surface area contributed by atoms with E-state index in [-0.39, 0.29) is 0 Å². The van der Waals surface area contributed by atoms with Crippen LogP contribution < -0.4 is 5.32 Å². The third-order valence-electron chi connectivity index (χ3n) is 3.49. The number of nitrogens with zero attached hydrogens (tertiary/aromatic N) is 3. The van der Waals surface area contributed by atoms with Gasteiger partial charge in [-0.15, -0.1) is 0 Å². The van der Waals surface area contributed by atoms with Crippen molar-refractivity contribution in [2.75, 3.05) is 25.0 Å². The van der Waals surface area contributed by atoms with Crippen LogP contribution in [0.2, 0.25) is 0 Å². The van der Waals surface area contributed by atoms with Gasteiger partial charge >= 0.3 is 0 Å². The molecule has 1 saturated heterocycles. The first-order chi connectivity index (χ1) is 8.79. The lowest BCUT2D eigenvalue weighted by Crippen LogP contribution is -2.41. The standard InChI is InChI=1S/C14H20N4/c1-12(18-7-3-2-4-8-18)11-17-13-5-6-16-14(9-13)10-15/h5-6,9,12H,2-4,7-8,11H2,1H3,(H,16,17). The number of hydrogen-bond donors (Lipinski definition) is 1. The predicted molar refractivity (Wildman–Crippen MR) is 72.3 cm³/mol. The second kappa shape index (κ2) is 6.36. The van der Waals surface area contributed by atoms with Gasteiger partial charge in [0.05, 0.1) is 0 Å². The third-order valence-corrected chi connectivity index (χ3v) is 3.49. The van der Waals surface area contributed by atoms with Crippen molar-refractivity contribution in [1.82, 2.24) is 9.88 Å². The van der Waals surface area contributed by atoms with Gasteiger partial charge in [-0.3, -0.25) is 4.90 Å². The lowest BCUT2D eigenvalue weighted by atomic mass is 10.1. The first-order valence-corrected chi connectivity index (χ1v) is 6.63. The molecule has 18 heavy (non-hydrogen) atoms. The van der Waals surface area contributed by atoms with E-state index < -0.39 is 0 Å². The maximum atomic E-state index is 8.79. The van der Waals surface area contributed by atoms with Gasteiger partial charge in [0.15, 0.2) is 0 Å². The van der Waals surface area contributed by atoms with Crippen LogP contribution in [0, 0.1) is 11.3 Å². The molecule has 1 aromatic heterocycles. The first kappa shape index (κ1) is 12.8. The number of likely N-dealkylation sites (tertiary alicyclic amines) is 1. The van der Waals surface area contributed by atoms with Gasteiger partial charge < -0.3 is 5.32 Å². The second-order valence-corrected chi connectivity index (χ2v) is 4.87. The summed E-state index contributed by atoms with van der Waals surface area (Å²) in [4.78, 5) is 6.49. The summed E-state index contributed by atoms with van der Waals surface area (Å²) in [5, 5.41) is 12.2. The van der Waals surface area contributed by atoms with Gasteiger partial charge in [0.1, 0.15) is 11.8 Å². The lowest BCUT2D eigenvalue weighted by Gasteiger charge is -2.32. The molecule has 1 fully saturated rings. The van der Waals surface area contributed by atoms with Gasteiger partial charge in [0.2, 0.25) is 0 Å². The Kier molecular flexibility index (Phi) is 4.54. The molecule has 4 nitrogen and oxygen atoms in total. The van der Waals surface area contributed by atoms with Gasteiger partial charge in [-0.1, -0.05) is 6.42 Å². The zero-order valence-electron chi connectivity index (χ0n) is 10.9. The highest BCUT2D eigenvalue weighted by atomic mass is 15.2. The molecule has 1 aromatic rings. The maximum Gasteiger partial charge on any atom is 0.142 e. The van der Waals surface area contributed by atoms with Crippen LogP contribution in [0.5, 0.6) is 0 Å². The SMILES string of the molecule is CC(CNc1ccnc(C#N)c1)N1CCCCC1. The number of pyridine rings is 1. The highest BCUT2D eigenvalue weighted by Crippen LogP contribution is 2.13. The molecule has 2 rings (SSSR count). The molecule has 0 aliphatic carbocycles. The van der Waals surface area contributed by atoms with Gasteiger partial charge in [-0.05, 0) is 45.0 Å². The molecule has 0 amide bonds. The van der Waals surface area contributed by atoms with Crippen molar-refractivity contribution >= 4 is 5.69 Å². The van der Waals surface area contributed by atoms with E-state index in [0.717, 1.165) is 12.2 Å². The fraction of sp³-hybridized carbons (Fsp3) is 0.571. The highest BCUT2D eigenvalue weighted by Gasteiger charge is 2.16. The van der Waals surface area contributed by atoms with Gasteiger partial charge in [0.25, 0.3) is 0 Å². The summed E-state index contributed by atoms with van der Waals surface area (Å²) in [6, 6.07) is 6.29. The van der Waals surface area contributed by atoms with Crippen LogP contribution in [0.4, 0.5) is 5.69 Å². The van der Waals surface area contributed by atoms with Crippen LogP contribution in [0.15, 0.2) is 18.3 Å².